The number of pyridine rings is 1. The summed E-state index contributed by atoms with van der Waals surface area (Å²) in [6, 6.07) is 7.71. The number of rotatable bonds is 4. The van der Waals surface area contributed by atoms with Gasteiger partial charge in [-0.1, -0.05) is 29.4 Å². The number of hydrogen-bond acceptors (Lipinski definition) is 5. The molecule has 0 atom stereocenters. The van der Waals surface area contributed by atoms with Crippen LogP contribution in [0.3, 0.4) is 0 Å². The van der Waals surface area contributed by atoms with Gasteiger partial charge >= 0.3 is 0 Å². The fourth-order valence-corrected chi connectivity index (χ4v) is 3.19. The summed E-state index contributed by atoms with van der Waals surface area (Å²) in [4.78, 5) is 4.42. The predicted octanol–water partition coefficient (Wildman–Crippen LogP) is 2.80. The molecule has 0 aliphatic rings. The van der Waals surface area contributed by atoms with Crippen LogP contribution in [-0.2, 0) is 19.4 Å². The van der Waals surface area contributed by atoms with Gasteiger partial charge in [0.2, 0.25) is 0 Å². The van der Waals surface area contributed by atoms with Gasteiger partial charge < -0.3 is 9.67 Å². The number of hydrogen-bond donors (Lipinski definition) is 1. The van der Waals surface area contributed by atoms with E-state index in [4.69, 9.17) is 16.7 Å². The third-order valence-corrected chi connectivity index (χ3v) is 4.62. The third-order valence-electron chi connectivity index (χ3n) is 3.22. The molecule has 0 amide bonds. The monoisotopic (exact) mass is 320 g/mol. The van der Waals surface area contributed by atoms with Crippen LogP contribution in [0, 0.1) is 0 Å². The van der Waals surface area contributed by atoms with E-state index in [0.29, 0.717) is 16.6 Å². The van der Waals surface area contributed by atoms with Crippen molar-refractivity contribution < 1.29 is 5.11 Å². The lowest BCUT2D eigenvalue weighted by molar-refractivity contribution is 0.266. The minimum Gasteiger partial charge on any atom is -0.388 e. The average molecular weight is 321 g/mol. The van der Waals surface area contributed by atoms with Gasteiger partial charge in [0.25, 0.3) is 0 Å². The van der Waals surface area contributed by atoms with Gasteiger partial charge in [-0.15, -0.1) is 10.2 Å². The van der Waals surface area contributed by atoms with Crippen molar-refractivity contribution in [1.29, 1.82) is 0 Å². The summed E-state index contributed by atoms with van der Waals surface area (Å²) in [5, 5.41) is 19.5. The summed E-state index contributed by atoms with van der Waals surface area (Å²) in [6.07, 6.45) is 1.76. The van der Waals surface area contributed by atoms with Crippen LogP contribution < -0.4 is 0 Å². The van der Waals surface area contributed by atoms with Gasteiger partial charge in [0.15, 0.2) is 11.0 Å². The van der Waals surface area contributed by atoms with E-state index >= 15 is 0 Å². The highest BCUT2D eigenvalue weighted by molar-refractivity contribution is 7.98. The van der Waals surface area contributed by atoms with Crippen molar-refractivity contribution in [3.05, 3.63) is 46.9 Å². The minimum atomic E-state index is -0.116. The first-order valence-electron chi connectivity index (χ1n) is 6.34. The lowest BCUT2D eigenvalue weighted by atomic mass is 10.1. The van der Waals surface area contributed by atoms with Crippen molar-refractivity contribution >= 4 is 34.3 Å². The molecule has 1 aromatic carbocycles. The summed E-state index contributed by atoms with van der Waals surface area (Å²) in [5.74, 6) is 1.26. The summed E-state index contributed by atoms with van der Waals surface area (Å²) in [7, 11) is 1.84. The van der Waals surface area contributed by atoms with E-state index in [1.54, 1.807) is 22.5 Å². The average Bonchev–Trinajstić information content (AvgIpc) is 2.87. The molecule has 0 saturated heterocycles. The Morgan fingerprint density at radius 3 is 2.90 bits per heavy atom. The molecule has 3 aromatic rings. The quantitative estimate of drug-likeness (QED) is 0.749. The Balaban J connectivity index is 1.88. The van der Waals surface area contributed by atoms with Crippen LogP contribution in [-0.4, -0.2) is 24.9 Å². The van der Waals surface area contributed by atoms with Crippen LogP contribution in [0.25, 0.3) is 10.9 Å². The van der Waals surface area contributed by atoms with E-state index in [9.17, 15) is 0 Å². The molecule has 0 aliphatic heterocycles. The van der Waals surface area contributed by atoms with Gasteiger partial charge in [-0.25, -0.2) is 0 Å². The maximum atomic E-state index is 9.13. The lowest BCUT2D eigenvalue weighted by Crippen LogP contribution is -1.98. The van der Waals surface area contributed by atoms with Gasteiger partial charge in [-0.3, -0.25) is 4.98 Å². The maximum absolute atomic E-state index is 9.13. The molecule has 1 N–H and O–H groups in total. The molecule has 0 radical (unpaired) electrons. The Labute approximate surface area is 131 Å². The molecular formula is C14H13ClN4OS. The molecule has 21 heavy (non-hydrogen) atoms. The Morgan fingerprint density at radius 1 is 1.29 bits per heavy atom. The van der Waals surface area contributed by atoms with E-state index in [-0.39, 0.29) is 6.61 Å². The largest absolute Gasteiger partial charge is 0.388 e. The van der Waals surface area contributed by atoms with E-state index in [1.165, 1.54) is 0 Å². The number of halogens is 1. The minimum absolute atomic E-state index is 0.116. The highest BCUT2D eigenvalue weighted by Crippen LogP contribution is 2.29. The number of thioether (sulfide) groups is 1. The van der Waals surface area contributed by atoms with Crippen molar-refractivity contribution in [2.75, 3.05) is 0 Å². The Bertz CT molecular complexity index is 790. The van der Waals surface area contributed by atoms with Crippen molar-refractivity contribution in [3.63, 3.8) is 0 Å². The van der Waals surface area contributed by atoms with Crippen molar-refractivity contribution in [2.45, 2.75) is 17.5 Å². The number of aromatic nitrogens is 4. The first kappa shape index (κ1) is 14.3. The van der Waals surface area contributed by atoms with Crippen molar-refractivity contribution in [1.82, 2.24) is 19.7 Å². The smallest absolute Gasteiger partial charge is 0.191 e. The van der Waals surface area contributed by atoms with E-state index in [1.807, 2.05) is 31.3 Å². The second kappa shape index (κ2) is 6.01. The molecule has 0 spiro atoms. The number of aliphatic hydroxyl groups excluding tert-OH is 1. The molecule has 7 heteroatoms. The second-order valence-electron chi connectivity index (χ2n) is 4.51. The zero-order chi connectivity index (χ0) is 14.8. The van der Waals surface area contributed by atoms with Crippen LogP contribution in [0.1, 0.15) is 11.4 Å². The first-order valence-corrected chi connectivity index (χ1v) is 7.71. The Kier molecular flexibility index (Phi) is 4.10. The predicted molar refractivity (Wildman–Crippen MR) is 83.2 cm³/mol. The molecule has 108 valence electrons. The molecule has 0 aliphatic carbocycles. The summed E-state index contributed by atoms with van der Waals surface area (Å²) in [6.45, 7) is -0.116. The number of fused-ring (bicyclic) bond motifs is 1. The van der Waals surface area contributed by atoms with Crippen LogP contribution in [0.15, 0.2) is 35.6 Å². The molecule has 0 bridgehead atoms. The topological polar surface area (TPSA) is 63.8 Å². The number of nitrogens with zero attached hydrogens (tertiary/aromatic N) is 4. The SMILES string of the molecule is Cn1c(CO)nnc1SCc1ccc(Cl)c2cccnc12. The second-order valence-corrected chi connectivity index (χ2v) is 5.86. The number of aliphatic hydroxyl groups is 1. The van der Waals surface area contributed by atoms with Crippen molar-refractivity contribution in [3.8, 4) is 0 Å². The van der Waals surface area contributed by atoms with Crippen LogP contribution in [0.4, 0.5) is 0 Å². The van der Waals surface area contributed by atoms with Gasteiger partial charge in [0, 0.05) is 29.4 Å². The molecule has 0 saturated carbocycles. The van der Waals surface area contributed by atoms with E-state index in [2.05, 4.69) is 15.2 Å². The highest BCUT2D eigenvalue weighted by Gasteiger charge is 2.11. The van der Waals surface area contributed by atoms with E-state index in [0.717, 1.165) is 21.6 Å². The highest BCUT2D eigenvalue weighted by atomic mass is 35.5. The lowest BCUT2D eigenvalue weighted by Gasteiger charge is -2.07. The van der Waals surface area contributed by atoms with Gasteiger partial charge in [-0.05, 0) is 23.8 Å². The fraction of sp³-hybridized carbons (Fsp3) is 0.214. The molecular weight excluding hydrogens is 308 g/mol. The van der Waals surface area contributed by atoms with Crippen LogP contribution in [0.5, 0.6) is 0 Å². The van der Waals surface area contributed by atoms with E-state index < -0.39 is 0 Å². The molecule has 5 nitrogen and oxygen atoms in total. The molecule has 0 unspecified atom stereocenters. The summed E-state index contributed by atoms with van der Waals surface area (Å²) in [5.41, 5.74) is 2.00. The summed E-state index contributed by atoms with van der Waals surface area (Å²) >= 11 is 7.74. The standard InChI is InChI=1S/C14H13ClN4OS/c1-19-12(7-20)17-18-14(19)21-8-9-4-5-11(15)10-3-2-6-16-13(9)10/h2-6,20H,7-8H2,1H3. The maximum Gasteiger partial charge on any atom is 0.191 e. The third kappa shape index (κ3) is 2.74. The Morgan fingerprint density at radius 2 is 2.14 bits per heavy atom. The molecule has 0 fully saturated rings. The molecule has 2 heterocycles. The van der Waals surface area contributed by atoms with Gasteiger partial charge in [0.05, 0.1) is 5.52 Å². The zero-order valence-corrected chi connectivity index (χ0v) is 12.9. The van der Waals surface area contributed by atoms with Crippen LogP contribution in [0.2, 0.25) is 5.02 Å². The zero-order valence-electron chi connectivity index (χ0n) is 11.3. The summed E-state index contributed by atoms with van der Waals surface area (Å²) < 4.78 is 1.79. The first-order chi connectivity index (χ1) is 10.2. The van der Waals surface area contributed by atoms with Crippen LogP contribution >= 0.6 is 23.4 Å². The van der Waals surface area contributed by atoms with Crippen molar-refractivity contribution in [2.24, 2.45) is 7.05 Å². The number of benzene rings is 1. The van der Waals surface area contributed by atoms with Gasteiger partial charge in [0.1, 0.15) is 6.61 Å². The molecule has 2 aromatic heterocycles. The molecule has 3 rings (SSSR count). The fourth-order valence-electron chi connectivity index (χ4n) is 2.06. The Hall–Kier alpha value is -1.63. The van der Waals surface area contributed by atoms with Gasteiger partial charge in [-0.2, -0.15) is 0 Å². The normalized spacial score (nSPS) is 11.2.